The Morgan fingerprint density at radius 1 is 0.900 bits per heavy atom. The number of carbonyl (C=O) groups is 2. The van der Waals surface area contributed by atoms with Gasteiger partial charge >= 0.3 is 0 Å². The lowest BCUT2D eigenvalue weighted by molar-refractivity contribution is -0.160. The third kappa shape index (κ3) is 3.64. The molecule has 4 heterocycles. The van der Waals surface area contributed by atoms with Crippen molar-refractivity contribution in [3.8, 4) is 0 Å². The Morgan fingerprint density at radius 3 is 2.63 bits per heavy atom. The predicted molar refractivity (Wildman–Crippen MR) is 112 cm³/mol. The number of benzene rings is 1. The number of para-hydroxylation sites is 1. The first kappa shape index (κ1) is 18.7. The summed E-state index contributed by atoms with van der Waals surface area (Å²) in [6.07, 6.45) is 1.71. The molecular formula is C23H23N5O2. The fourth-order valence-electron chi connectivity index (χ4n) is 4.28. The monoisotopic (exact) mass is 401 g/mol. The summed E-state index contributed by atoms with van der Waals surface area (Å²) < 4.78 is 0. The normalized spacial score (nSPS) is 19.9. The van der Waals surface area contributed by atoms with E-state index in [9.17, 15) is 9.59 Å². The minimum absolute atomic E-state index is 0.00331. The van der Waals surface area contributed by atoms with Crippen LogP contribution in [0.15, 0.2) is 60.8 Å². The lowest BCUT2D eigenvalue weighted by Crippen LogP contribution is -2.66. The molecule has 30 heavy (non-hydrogen) atoms. The fourth-order valence-corrected chi connectivity index (χ4v) is 4.28. The molecule has 0 bridgehead atoms. The number of piperazine rings is 2. The Morgan fingerprint density at radius 2 is 1.77 bits per heavy atom. The molecule has 1 unspecified atom stereocenters. The molecule has 2 fully saturated rings. The van der Waals surface area contributed by atoms with Crippen LogP contribution in [0.3, 0.4) is 0 Å². The molecule has 152 valence electrons. The summed E-state index contributed by atoms with van der Waals surface area (Å²) >= 11 is 0. The van der Waals surface area contributed by atoms with E-state index in [1.54, 1.807) is 16.0 Å². The average molecular weight is 401 g/mol. The third-order valence-corrected chi connectivity index (χ3v) is 5.83. The summed E-state index contributed by atoms with van der Waals surface area (Å²) in [4.78, 5) is 40.4. The van der Waals surface area contributed by atoms with Crippen molar-refractivity contribution in [2.45, 2.75) is 19.1 Å². The number of rotatable bonds is 4. The molecule has 0 spiro atoms. The molecule has 0 radical (unpaired) electrons. The van der Waals surface area contributed by atoms with Gasteiger partial charge in [0.15, 0.2) is 0 Å². The number of hydrogen-bond donors (Lipinski definition) is 0. The summed E-state index contributed by atoms with van der Waals surface area (Å²) in [6, 6.07) is 17.3. The van der Waals surface area contributed by atoms with Crippen LogP contribution in [0.2, 0.25) is 0 Å². The van der Waals surface area contributed by atoms with E-state index in [4.69, 9.17) is 4.98 Å². The largest absolute Gasteiger partial charge is 0.327 e. The van der Waals surface area contributed by atoms with Crippen molar-refractivity contribution in [1.82, 2.24) is 24.7 Å². The third-order valence-electron chi connectivity index (χ3n) is 5.83. The fraction of sp³-hybridized carbons (Fsp3) is 0.304. The zero-order valence-electron chi connectivity index (χ0n) is 16.6. The van der Waals surface area contributed by atoms with Crippen molar-refractivity contribution < 1.29 is 9.59 Å². The van der Waals surface area contributed by atoms with E-state index < -0.39 is 6.04 Å². The Kier molecular flexibility index (Phi) is 4.88. The van der Waals surface area contributed by atoms with Gasteiger partial charge in [-0.2, -0.15) is 0 Å². The number of pyridine rings is 2. The molecule has 2 amide bonds. The number of amides is 2. The second-order valence-electron chi connectivity index (χ2n) is 7.85. The molecule has 5 rings (SSSR count). The highest BCUT2D eigenvalue weighted by atomic mass is 16.2. The van der Waals surface area contributed by atoms with Crippen LogP contribution in [0.25, 0.3) is 10.9 Å². The van der Waals surface area contributed by atoms with Crippen LogP contribution < -0.4 is 0 Å². The maximum Gasteiger partial charge on any atom is 0.247 e. The maximum atomic E-state index is 13.1. The SMILES string of the molecule is O=C1C2CN(Cc3ccc4ccccc4n3)CCN2C(=O)CN1Cc1ccccn1. The molecule has 1 atom stereocenters. The highest BCUT2D eigenvalue weighted by molar-refractivity contribution is 5.95. The lowest BCUT2D eigenvalue weighted by atomic mass is 10.1. The maximum absolute atomic E-state index is 13.1. The van der Waals surface area contributed by atoms with Crippen molar-refractivity contribution in [2.24, 2.45) is 0 Å². The van der Waals surface area contributed by atoms with E-state index in [2.05, 4.69) is 16.0 Å². The van der Waals surface area contributed by atoms with Gasteiger partial charge < -0.3 is 9.80 Å². The van der Waals surface area contributed by atoms with Crippen molar-refractivity contribution >= 4 is 22.7 Å². The zero-order chi connectivity index (χ0) is 20.5. The molecule has 2 aliphatic heterocycles. The molecular weight excluding hydrogens is 378 g/mol. The van der Waals surface area contributed by atoms with Crippen LogP contribution in [0.1, 0.15) is 11.4 Å². The van der Waals surface area contributed by atoms with Crippen LogP contribution in [-0.2, 0) is 22.7 Å². The van der Waals surface area contributed by atoms with Crippen LogP contribution >= 0.6 is 0 Å². The summed E-state index contributed by atoms with van der Waals surface area (Å²) in [5.74, 6) is 0.00966. The molecule has 0 N–H and O–H groups in total. The Balaban J connectivity index is 1.30. The highest BCUT2D eigenvalue weighted by Gasteiger charge is 2.42. The quantitative estimate of drug-likeness (QED) is 0.665. The van der Waals surface area contributed by atoms with Crippen molar-refractivity contribution in [3.05, 3.63) is 72.2 Å². The summed E-state index contributed by atoms with van der Waals surface area (Å²) in [6.45, 7) is 2.99. The molecule has 3 aromatic rings. The topological polar surface area (TPSA) is 69.6 Å². The highest BCUT2D eigenvalue weighted by Crippen LogP contribution is 2.21. The first-order valence-corrected chi connectivity index (χ1v) is 10.2. The van der Waals surface area contributed by atoms with Crippen LogP contribution in [0.4, 0.5) is 0 Å². The first-order chi connectivity index (χ1) is 14.7. The molecule has 7 nitrogen and oxygen atoms in total. The van der Waals surface area contributed by atoms with Crippen LogP contribution in [0, 0.1) is 0 Å². The van der Waals surface area contributed by atoms with E-state index in [0.717, 1.165) is 28.8 Å². The Labute approximate surface area is 174 Å². The smallest absolute Gasteiger partial charge is 0.247 e. The Bertz CT molecular complexity index is 1090. The van der Waals surface area contributed by atoms with E-state index in [1.807, 2.05) is 48.5 Å². The average Bonchev–Trinajstić information content (AvgIpc) is 2.78. The molecule has 7 heteroatoms. The molecule has 2 aromatic heterocycles. The second kappa shape index (κ2) is 7.84. The van der Waals surface area contributed by atoms with Crippen molar-refractivity contribution in [2.75, 3.05) is 26.2 Å². The van der Waals surface area contributed by atoms with Gasteiger partial charge in [0.05, 0.1) is 23.4 Å². The van der Waals surface area contributed by atoms with E-state index >= 15 is 0 Å². The van der Waals surface area contributed by atoms with Crippen molar-refractivity contribution in [3.63, 3.8) is 0 Å². The number of aromatic nitrogens is 2. The predicted octanol–water partition coefficient (Wildman–Crippen LogP) is 1.68. The van der Waals surface area contributed by atoms with Gasteiger partial charge in [0.2, 0.25) is 11.8 Å². The zero-order valence-corrected chi connectivity index (χ0v) is 16.6. The molecule has 1 aromatic carbocycles. The standard InChI is InChI=1S/C23H23N5O2/c29-22-16-27(14-18-6-3-4-10-24-18)23(30)21-15-26(11-12-28(21)22)13-19-9-8-17-5-1-2-7-20(17)25-19/h1-10,21H,11-16H2. The number of nitrogens with zero attached hydrogens (tertiary/aromatic N) is 5. The lowest BCUT2D eigenvalue weighted by Gasteiger charge is -2.46. The van der Waals surface area contributed by atoms with Crippen molar-refractivity contribution in [1.29, 1.82) is 0 Å². The number of hydrogen-bond acceptors (Lipinski definition) is 5. The number of carbonyl (C=O) groups excluding carboxylic acids is 2. The van der Waals surface area contributed by atoms with Crippen LogP contribution in [-0.4, -0.2) is 68.7 Å². The second-order valence-corrected chi connectivity index (χ2v) is 7.85. The summed E-state index contributed by atoms with van der Waals surface area (Å²) in [5, 5.41) is 1.12. The molecule has 2 saturated heterocycles. The number of fused-ring (bicyclic) bond motifs is 2. The van der Waals surface area contributed by atoms with E-state index in [0.29, 0.717) is 26.2 Å². The molecule has 0 aliphatic carbocycles. The van der Waals surface area contributed by atoms with Gasteiger partial charge in [0.1, 0.15) is 12.6 Å². The summed E-state index contributed by atoms with van der Waals surface area (Å²) in [7, 11) is 0. The van der Waals surface area contributed by atoms with Gasteiger partial charge in [0.25, 0.3) is 0 Å². The van der Waals surface area contributed by atoms with Gasteiger partial charge in [-0.1, -0.05) is 30.3 Å². The van der Waals surface area contributed by atoms with Gasteiger partial charge in [-0.3, -0.25) is 24.5 Å². The molecule has 2 aliphatic rings. The minimum Gasteiger partial charge on any atom is -0.327 e. The summed E-state index contributed by atoms with van der Waals surface area (Å²) in [5.41, 5.74) is 2.74. The van der Waals surface area contributed by atoms with Gasteiger partial charge in [-0.05, 0) is 24.3 Å². The van der Waals surface area contributed by atoms with Gasteiger partial charge in [-0.15, -0.1) is 0 Å². The van der Waals surface area contributed by atoms with E-state index in [1.165, 1.54) is 0 Å². The van der Waals surface area contributed by atoms with Crippen LogP contribution in [0.5, 0.6) is 0 Å². The first-order valence-electron chi connectivity index (χ1n) is 10.2. The minimum atomic E-state index is -0.441. The van der Waals surface area contributed by atoms with E-state index in [-0.39, 0.29) is 18.4 Å². The molecule has 0 saturated carbocycles. The van der Waals surface area contributed by atoms with Gasteiger partial charge in [-0.25, -0.2) is 0 Å². The van der Waals surface area contributed by atoms with Gasteiger partial charge in [0, 0.05) is 37.8 Å². The Hall–Kier alpha value is -3.32.